The molecule has 0 aromatic heterocycles. The zero-order valence-corrected chi connectivity index (χ0v) is 24.8. The van der Waals surface area contributed by atoms with Crippen molar-refractivity contribution in [3.05, 3.63) is 35.9 Å². The van der Waals surface area contributed by atoms with Gasteiger partial charge in [-0.3, -0.25) is 0 Å². The Morgan fingerprint density at radius 2 is 1.70 bits per heavy atom. The molecule has 3 aliphatic carbocycles. The molecule has 3 aliphatic rings. The third-order valence-corrected chi connectivity index (χ3v) is 12.0. The lowest BCUT2D eigenvalue weighted by atomic mass is 9.46. The van der Waals surface area contributed by atoms with Gasteiger partial charge in [-0.2, -0.15) is 0 Å². The minimum absolute atomic E-state index is 0.279. The molecule has 1 aromatic carbocycles. The van der Waals surface area contributed by atoms with Gasteiger partial charge in [-0.25, -0.2) is 0 Å². The number of benzene rings is 1. The zero-order valence-electron chi connectivity index (χ0n) is 24.8. The molecule has 0 saturated heterocycles. The smallest absolute Gasteiger partial charge is 0.128 e. The molecule has 2 heteroatoms. The van der Waals surface area contributed by atoms with E-state index in [1.165, 1.54) is 88.9 Å². The van der Waals surface area contributed by atoms with Gasteiger partial charge in [0.15, 0.2) is 0 Å². The number of fused-ring (bicyclic) bond motifs is 3. The topological polar surface area (TPSA) is 26.3 Å². The fourth-order valence-electron chi connectivity index (χ4n) is 9.92. The van der Waals surface area contributed by atoms with Gasteiger partial charge in [0.2, 0.25) is 0 Å². The van der Waals surface area contributed by atoms with Crippen LogP contribution in [0, 0.1) is 45.8 Å². The van der Waals surface area contributed by atoms with E-state index in [-0.39, 0.29) is 10.8 Å². The van der Waals surface area contributed by atoms with E-state index in [9.17, 15) is 4.79 Å². The molecule has 0 heterocycles. The fraction of sp³-hybridized carbons (Fsp3) is 0.800. The number of carbonyl (C=O) groups is 1. The maximum Gasteiger partial charge on any atom is 0.128 e. The molecule has 0 aliphatic heterocycles. The lowest BCUT2D eigenvalue weighted by Gasteiger charge is -2.59. The minimum atomic E-state index is -0.350. The van der Waals surface area contributed by atoms with Crippen LogP contribution in [0.1, 0.15) is 124 Å². The summed E-state index contributed by atoms with van der Waals surface area (Å²) in [4.78, 5) is 12.9. The van der Waals surface area contributed by atoms with Gasteiger partial charge in [-0.1, -0.05) is 90.6 Å². The van der Waals surface area contributed by atoms with Crippen molar-refractivity contribution < 1.29 is 9.53 Å². The molecular weight excluding hydrogens is 452 g/mol. The first-order valence-electron chi connectivity index (χ1n) is 16.0. The van der Waals surface area contributed by atoms with Gasteiger partial charge < -0.3 is 9.53 Å². The molecule has 1 aromatic rings. The van der Waals surface area contributed by atoms with E-state index in [0.717, 1.165) is 30.1 Å². The van der Waals surface area contributed by atoms with Crippen molar-refractivity contribution in [1.82, 2.24) is 0 Å². The molecule has 0 radical (unpaired) electrons. The minimum Gasteiger partial charge on any atom is -0.376 e. The number of aldehydes is 1. The number of hydrogen-bond donors (Lipinski definition) is 0. The predicted molar refractivity (Wildman–Crippen MR) is 155 cm³/mol. The summed E-state index contributed by atoms with van der Waals surface area (Å²) in [7, 11) is 0. The van der Waals surface area contributed by atoms with Gasteiger partial charge in [-0.15, -0.1) is 0 Å². The van der Waals surface area contributed by atoms with Crippen molar-refractivity contribution in [3.63, 3.8) is 0 Å². The fourth-order valence-corrected chi connectivity index (χ4v) is 9.92. The normalized spacial score (nSPS) is 36.9. The van der Waals surface area contributed by atoms with Crippen molar-refractivity contribution >= 4 is 6.29 Å². The highest BCUT2D eigenvalue weighted by Crippen LogP contribution is 2.68. The Kier molecular flexibility index (Phi) is 9.63. The van der Waals surface area contributed by atoms with Crippen LogP contribution in [0.2, 0.25) is 0 Å². The van der Waals surface area contributed by atoms with Crippen molar-refractivity contribution in [3.8, 4) is 0 Å². The van der Waals surface area contributed by atoms with E-state index in [2.05, 4.69) is 58.9 Å². The van der Waals surface area contributed by atoms with Crippen molar-refractivity contribution in [2.75, 3.05) is 6.61 Å². The second-order valence-corrected chi connectivity index (χ2v) is 13.8. The average molecular weight is 509 g/mol. The molecule has 2 nitrogen and oxygen atoms in total. The summed E-state index contributed by atoms with van der Waals surface area (Å²) in [5, 5.41) is 0. The second kappa shape index (κ2) is 12.4. The predicted octanol–water partition coefficient (Wildman–Crippen LogP) is 9.65. The van der Waals surface area contributed by atoms with E-state index in [1.54, 1.807) is 0 Å². The monoisotopic (exact) mass is 508 g/mol. The first-order chi connectivity index (χ1) is 17.9. The zero-order chi connectivity index (χ0) is 26.5. The summed E-state index contributed by atoms with van der Waals surface area (Å²) in [6.45, 7) is 13.4. The standard InChI is InChI=1S/C35H56O2/c1-6-9-13-21-33(4)22-19-29-28(30(33)14-7-2)20-23-34(5)31(29)17-18-32(34)35(8-3,25-36)26-37-24-27-15-11-10-12-16-27/h10-12,15-16,25,28-32H,6-9,13-14,17-24,26H2,1-5H3. The Bertz CT molecular complexity index is 850. The molecule has 208 valence electrons. The van der Waals surface area contributed by atoms with Crippen LogP contribution in [0.25, 0.3) is 0 Å². The van der Waals surface area contributed by atoms with Crippen LogP contribution in [0.5, 0.6) is 0 Å². The number of carbonyl (C=O) groups excluding carboxylic acids is 1. The Morgan fingerprint density at radius 1 is 0.946 bits per heavy atom. The van der Waals surface area contributed by atoms with E-state index >= 15 is 0 Å². The molecule has 8 atom stereocenters. The SMILES string of the molecule is CCCCCC1(C)CCC2C(CCC3(C)C2CCC3C(C=O)(CC)COCc2ccccc2)C1CCC. The Hall–Kier alpha value is -1.15. The Balaban J connectivity index is 1.50. The van der Waals surface area contributed by atoms with Gasteiger partial charge in [0, 0.05) is 0 Å². The first kappa shape index (κ1) is 28.8. The van der Waals surface area contributed by atoms with E-state index < -0.39 is 0 Å². The molecule has 0 amide bonds. The number of hydrogen-bond acceptors (Lipinski definition) is 2. The lowest BCUT2D eigenvalue weighted by molar-refractivity contribution is -0.137. The maximum absolute atomic E-state index is 12.9. The molecule has 0 bridgehead atoms. The van der Waals surface area contributed by atoms with E-state index in [1.807, 2.05) is 6.07 Å². The summed E-state index contributed by atoms with van der Waals surface area (Å²) < 4.78 is 6.30. The number of rotatable bonds is 13. The highest BCUT2D eigenvalue weighted by Gasteiger charge is 2.61. The third kappa shape index (κ3) is 5.61. The second-order valence-electron chi connectivity index (χ2n) is 13.8. The van der Waals surface area contributed by atoms with Gasteiger partial charge in [0.05, 0.1) is 18.6 Å². The van der Waals surface area contributed by atoms with Crippen LogP contribution in [0.4, 0.5) is 0 Å². The number of ether oxygens (including phenoxy) is 1. The molecule has 3 saturated carbocycles. The lowest BCUT2D eigenvalue weighted by Crippen LogP contribution is -2.53. The third-order valence-electron chi connectivity index (χ3n) is 12.0. The molecule has 8 unspecified atom stereocenters. The molecule has 3 fully saturated rings. The molecule has 37 heavy (non-hydrogen) atoms. The molecular formula is C35H56O2. The van der Waals surface area contributed by atoms with Crippen LogP contribution < -0.4 is 0 Å². The summed E-state index contributed by atoms with van der Waals surface area (Å²) in [5.74, 6) is 3.90. The highest BCUT2D eigenvalue weighted by atomic mass is 16.5. The van der Waals surface area contributed by atoms with Gasteiger partial charge in [0.25, 0.3) is 0 Å². The first-order valence-corrected chi connectivity index (χ1v) is 16.0. The largest absolute Gasteiger partial charge is 0.376 e. The van der Waals surface area contributed by atoms with Crippen LogP contribution in [0.3, 0.4) is 0 Å². The van der Waals surface area contributed by atoms with Gasteiger partial charge in [-0.05, 0) is 104 Å². The van der Waals surface area contributed by atoms with E-state index in [4.69, 9.17) is 4.74 Å². The summed E-state index contributed by atoms with van der Waals surface area (Å²) in [5.41, 5.74) is 1.66. The molecule has 0 spiro atoms. The van der Waals surface area contributed by atoms with Crippen molar-refractivity contribution in [2.24, 2.45) is 45.8 Å². The van der Waals surface area contributed by atoms with E-state index in [0.29, 0.717) is 24.5 Å². The Morgan fingerprint density at radius 3 is 2.38 bits per heavy atom. The van der Waals surface area contributed by atoms with Crippen LogP contribution in [-0.2, 0) is 16.1 Å². The maximum atomic E-state index is 12.9. The van der Waals surface area contributed by atoms with Gasteiger partial charge in [0.1, 0.15) is 6.29 Å². The average Bonchev–Trinajstić information content (AvgIpc) is 3.27. The summed E-state index contributed by atoms with van der Waals surface area (Å²) in [6, 6.07) is 10.4. The Labute approximate surface area is 228 Å². The molecule has 4 rings (SSSR count). The quantitative estimate of drug-likeness (QED) is 0.196. The summed E-state index contributed by atoms with van der Waals surface area (Å²) in [6.07, 6.45) is 18.6. The van der Waals surface area contributed by atoms with Crippen LogP contribution in [-0.4, -0.2) is 12.9 Å². The van der Waals surface area contributed by atoms with Crippen molar-refractivity contribution in [2.45, 2.75) is 125 Å². The number of unbranched alkanes of at least 4 members (excludes halogenated alkanes) is 2. The van der Waals surface area contributed by atoms with Gasteiger partial charge >= 0.3 is 0 Å². The van der Waals surface area contributed by atoms with Crippen molar-refractivity contribution in [1.29, 1.82) is 0 Å². The molecule has 0 N–H and O–H groups in total. The highest BCUT2D eigenvalue weighted by molar-refractivity contribution is 5.60. The van der Waals surface area contributed by atoms with Crippen LogP contribution in [0.15, 0.2) is 30.3 Å². The summed E-state index contributed by atoms with van der Waals surface area (Å²) >= 11 is 0. The van der Waals surface area contributed by atoms with Crippen LogP contribution >= 0.6 is 0 Å².